The number of halogens is 1. The van der Waals surface area contributed by atoms with Gasteiger partial charge in [0, 0.05) is 17.6 Å². The largest absolute Gasteiger partial charge is 0.310 e. The van der Waals surface area contributed by atoms with Gasteiger partial charge >= 0.3 is 0 Å². The van der Waals surface area contributed by atoms with Crippen molar-refractivity contribution in [3.63, 3.8) is 0 Å². The van der Waals surface area contributed by atoms with E-state index in [0.29, 0.717) is 6.04 Å². The fourth-order valence-corrected chi connectivity index (χ4v) is 1.68. The predicted molar refractivity (Wildman–Crippen MR) is 70.9 cm³/mol. The summed E-state index contributed by atoms with van der Waals surface area (Å²) in [6.07, 6.45) is 1.15. The molecule has 0 aliphatic rings. The minimum absolute atomic E-state index is 0.513. The molecule has 90 valence electrons. The zero-order valence-electron chi connectivity index (χ0n) is 10.3. The maximum atomic E-state index is 6.09. The zero-order valence-corrected chi connectivity index (χ0v) is 11.1. The molecular weight excluding hydrogens is 220 g/mol. The van der Waals surface area contributed by atoms with E-state index < -0.39 is 0 Å². The van der Waals surface area contributed by atoms with E-state index in [1.165, 1.54) is 5.56 Å². The topological polar surface area (TPSA) is 15.3 Å². The molecular formula is C13H21ClN2. The second-order valence-electron chi connectivity index (χ2n) is 4.47. The molecule has 0 fully saturated rings. The molecule has 0 bridgehead atoms. The van der Waals surface area contributed by atoms with Crippen molar-refractivity contribution in [2.24, 2.45) is 0 Å². The van der Waals surface area contributed by atoms with Gasteiger partial charge in [-0.25, -0.2) is 0 Å². The molecule has 0 heterocycles. The average molecular weight is 241 g/mol. The van der Waals surface area contributed by atoms with Gasteiger partial charge < -0.3 is 10.2 Å². The number of nitrogens with one attached hydrogen (secondary N) is 1. The molecule has 0 radical (unpaired) electrons. The standard InChI is InChI=1S/C13H21ClN2/c1-11(8-9-16(2)3)15-10-12-6-4-5-7-13(12)14/h4-7,11,15H,8-10H2,1-3H3. The molecule has 1 atom stereocenters. The molecule has 0 aliphatic carbocycles. The first-order valence-electron chi connectivity index (χ1n) is 5.71. The van der Waals surface area contributed by atoms with Gasteiger partial charge in [-0.15, -0.1) is 0 Å². The van der Waals surface area contributed by atoms with Crippen LogP contribution in [0.25, 0.3) is 0 Å². The monoisotopic (exact) mass is 240 g/mol. The lowest BCUT2D eigenvalue weighted by atomic mass is 10.2. The normalized spacial score (nSPS) is 13.1. The molecule has 1 aromatic carbocycles. The molecule has 1 aromatic rings. The summed E-state index contributed by atoms with van der Waals surface area (Å²) in [5.41, 5.74) is 1.17. The summed E-state index contributed by atoms with van der Waals surface area (Å²) in [6, 6.07) is 8.49. The van der Waals surface area contributed by atoms with Crippen LogP contribution in [-0.2, 0) is 6.54 Å². The molecule has 16 heavy (non-hydrogen) atoms. The second-order valence-corrected chi connectivity index (χ2v) is 4.87. The van der Waals surface area contributed by atoms with Crippen LogP contribution in [0.15, 0.2) is 24.3 Å². The first-order chi connectivity index (χ1) is 7.59. The summed E-state index contributed by atoms with van der Waals surface area (Å²) in [5.74, 6) is 0. The molecule has 0 aromatic heterocycles. The third-order valence-corrected chi connectivity index (χ3v) is 2.98. The van der Waals surface area contributed by atoms with E-state index in [0.717, 1.165) is 24.5 Å². The Kier molecular flexibility index (Phi) is 5.81. The van der Waals surface area contributed by atoms with Crippen LogP contribution >= 0.6 is 11.6 Å². The molecule has 0 amide bonds. The van der Waals surface area contributed by atoms with E-state index in [1.807, 2.05) is 18.2 Å². The maximum absolute atomic E-state index is 6.09. The number of rotatable bonds is 6. The van der Waals surface area contributed by atoms with Gasteiger partial charge in [0.1, 0.15) is 0 Å². The Bertz CT molecular complexity index is 313. The fourth-order valence-electron chi connectivity index (χ4n) is 1.48. The molecule has 0 saturated heterocycles. The molecule has 0 saturated carbocycles. The highest BCUT2D eigenvalue weighted by molar-refractivity contribution is 6.31. The van der Waals surface area contributed by atoms with Crippen molar-refractivity contribution in [3.05, 3.63) is 34.9 Å². The number of hydrogen-bond acceptors (Lipinski definition) is 2. The number of benzene rings is 1. The fraction of sp³-hybridized carbons (Fsp3) is 0.538. The Morgan fingerprint density at radius 2 is 2.00 bits per heavy atom. The third-order valence-electron chi connectivity index (χ3n) is 2.61. The van der Waals surface area contributed by atoms with Crippen molar-refractivity contribution in [2.45, 2.75) is 25.9 Å². The first-order valence-corrected chi connectivity index (χ1v) is 6.09. The third kappa shape index (κ3) is 4.97. The Labute approximate surface area is 104 Å². The molecule has 1 unspecified atom stereocenters. The van der Waals surface area contributed by atoms with Crippen molar-refractivity contribution >= 4 is 11.6 Å². The summed E-state index contributed by atoms with van der Waals surface area (Å²) in [6.45, 7) is 4.16. The van der Waals surface area contributed by atoms with E-state index >= 15 is 0 Å². The van der Waals surface area contributed by atoms with E-state index in [4.69, 9.17) is 11.6 Å². The number of hydrogen-bond donors (Lipinski definition) is 1. The van der Waals surface area contributed by atoms with Crippen LogP contribution in [0, 0.1) is 0 Å². The lowest BCUT2D eigenvalue weighted by molar-refractivity contribution is 0.365. The van der Waals surface area contributed by atoms with Crippen LogP contribution < -0.4 is 5.32 Å². The molecule has 3 heteroatoms. The Morgan fingerprint density at radius 3 is 2.62 bits per heavy atom. The van der Waals surface area contributed by atoms with Crippen molar-refractivity contribution in [3.8, 4) is 0 Å². The second kappa shape index (κ2) is 6.89. The van der Waals surface area contributed by atoms with E-state index in [1.54, 1.807) is 0 Å². The highest BCUT2D eigenvalue weighted by Gasteiger charge is 2.03. The van der Waals surface area contributed by atoms with E-state index in [9.17, 15) is 0 Å². The van der Waals surface area contributed by atoms with Crippen LogP contribution in [0.4, 0.5) is 0 Å². The summed E-state index contributed by atoms with van der Waals surface area (Å²) in [5, 5.41) is 4.33. The van der Waals surface area contributed by atoms with Crippen molar-refractivity contribution in [2.75, 3.05) is 20.6 Å². The quantitative estimate of drug-likeness (QED) is 0.823. The molecule has 1 rings (SSSR count). The highest BCUT2D eigenvalue weighted by Crippen LogP contribution is 2.14. The minimum atomic E-state index is 0.513. The summed E-state index contributed by atoms with van der Waals surface area (Å²) < 4.78 is 0. The van der Waals surface area contributed by atoms with Crippen LogP contribution in [0.1, 0.15) is 18.9 Å². The molecule has 1 N–H and O–H groups in total. The summed E-state index contributed by atoms with van der Waals surface area (Å²) in [7, 11) is 4.20. The summed E-state index contributed by atoms with van der Waals surface area (Å²) in [4.78, 5) is 2.20. The first kappa shape index (κ1) is 13.5. The van der Waals surface area contributed by atoms with Gasteiger partial charge in [-0.1, -0.05) is 29.8 Å². The number of nitrogens with zero attached hydrogens (tertiary/aromatic N) is 1. The molecule has 0 aliphatic heterocycles. The van der Waals surface area contributed by atoms with Gasteiger partial charge in [-0.2, -0.15) is 0 Å². The zero-order chi connectivity index (χ0) is 12.0. The molecule has 0 spiro atoms. The molecule has 2 nitrogen and oxygen atoms in total. The Morgan fingerprint density at radius 1 is 1.31 bits per heavy atom. The van der Waals surface area contributed by atoms with Gasteiger partial charge in [0.25, 0.3) is 0 Å². The van der Waals surface area contributed by atoms with Gasteiger partial charge in [-0.3, -0.25) is 0 Å². The van der Waals surface area contributed by atoms with Crippen LogP contribution in [0.2, 0.25) is 5.02 Å². The lowest BCUT2D eigenvalue weighted by Crippen LogP contribution is -2.29. The van der Waals surface area contributed by atoms with E-state index in [2.05, 4.69) is 37.3 Å². The van der Waals surface area contributed by atoms with Crippen molar-refractivity contribution < 1.29 is 0 Å². The summed E-state index contributed by atoms with van der Waals surface area (Å²) >= 11 is 6.09. The van der Waals surface area contributed by atoms with Crippen LogP contribution in [0.3, 0.4) is 0 Å². The lowest BCUT2D eigenvalue weighted by Gasteiger charge is -2.17. The smallest absolute Gasteiger partial charge is 0.0450 e. The maximum Gasteiger partial charge on any atom is 0.0450 e. The highest BCUT2D eigenvalue weighted by atomic mass is 35.5. The van der Waals surface area contributed by atoms with Crippen molar-refractivity contribution in [1.29, 1.82) is 0 Å². The van der Waals surface area contributed by atoms with Crippen LogP contribution in [-0.4, -0.2) is 31.6 Å². The average Bonchev–Trinajstić information content (AvgIpc) is 2.25. The minimum Gasteiger partial charge on any atom is -0.310 e. The van der Waals surface area contributed by atoms with E-state index in [-0.39, 0.29) is 0 Å². The van der Waals surface area contributed by atoms with Crippen LogP contribution in [0.5, 0.6) is 0 Å². The Hall–Kier alpha value is -0.570. The van der Waals surface area contributed by atoms with Gasteiger partial charge in [-0.05, 0) is 45.6 Å². The Balaban J connectivity index is 2.31. The van der Waals surface area contributed by atoms with Gasteiger partial charge in [0.05, 0.1) is 0 Å². The SMILES string of the molecule is CC(CCN(C)C)NCc1ccccc1Cl. The van der Waals surface area contributed by atoms with Gasteiger partial charge in [0.15, 0.2) is 0 Å². The predicted octanol–water partition coefficient (Wildman–Crippen LogP) is 2.77. The van der Waals surface area contributed by atoms with Gasteiger partial charge in [0.2, 0.25) is 0 Å². The van der Waals surface area contributed by atoms with Crippen molar-refractivity contribution in [1.82, 2.24) is 10.2 Å².